The minimum Gasteiger partial charge on any atom is -0.297 e. The Morgan fingerprint density at radius 1 is 1.29 bits per heavy atom. The molecule has 112 valence electrons. The molecule has 4 nitrogen and oxygen atoms in total. The lowest BCUT2D eigenvalue weighted by Gasteiger charge is -2.12. The van der Waals surface area contributed by atoms with Crippen LogP contribution < -0.4 is 11.2 Å². The number of halogens is 5. The molecule has 1 N–H and O–H groups in total. The van der Waals surface area contributed by atoms with Crippen molar-refractivity contribution in [2.24, 2.45) is 0 Å². The van der Waals surface area contributed by atoms with E-state index in [0.29, 0.717) is 10.6 Å². The van der Waals surface area contributed by atoms with Crippen molar-refractivity contribution < 1.29 is 13.2 Å². The van der Waals surface area contributed by atoms with Crippen LogP contribution in [0, 0.1) is 6.92 Å². The van der Waals surface area contributed by atoms with E-state index >= 15 is 0 Å². The summed E-state index contributed by atoms with van der Waals surface area (Å²) in [5.41, 5.74) is -2.87. The average Bonchev–Trinajstić information content (AvgIpc) is 2.37. The summed E-state index contributed by atoms with van der Waals surface area (Å²) < 4.78 is 39.0. The van der Waals surface area contributed by atoms with Crippen molar-refractivity contribution in [2.45, 2.75) is 13.1 Å². The Hall–Kier alpha value is -1.54. The lowest BCUT2D eigenvalue weighted by Crippen LogP contribution is -2.35. The summed E-state index contributed by atoms with van der Waals surface area (Å²) in [5, 5.41) is -0.149. The topological polar surface area (TPSA) is 54.9 Å². The third kappa shape index (κ3) is 2.91. The largest absolute Gasteiger partial charge is 0.416 e. The van der Waals surface area contributed by atoms with Gasteiger partial charge in [0.15, 0.2) is 0 Å². The van der Waals surface area contributed by atoms with Crippen molar-refractivity contribution >= 4 is 27.5 Å². The van der Waals surface area contributed by atoms with Crippen LogP contribution in [0.25, 0.3) is 5.69 Å². The zero-order chi connectivity index (χ0) is 15.9. The van der Waals surface area contributed by atoms with Gasteiger partial charge in [0.2, 0.25) is 0 Å². The molecule has 2 aromatic rings. The Bertz CT molecular complexity index is 827. The fourth-order valence-corrected chi connectivity index (χ4v) is 2.26. The number of aromatic nitrogens is 2. The van der Waals surface area contributed by atoms with Crippen molar-refractivity contribution in [3.8, 4) is 5.69 Å². The highest BCUT2D eigenvalue weighted by molar-refractivity contribution is 9.10. The van der Waals surface area contributed by atoms with Gasteiger partial charge in [0.25, 0.3) is 5.56 Å². The summed E-state index contributed by atoms with van der Waals surface area (Å²) >= 11 is 8.69. The van der Waals surface area contributed by atoms with Gasteiger partial charge in [-0.3, -0.25) is 9.78 Å². The molecule has 0 fully saturated rings. The van der Waals surface area contributed by atoms with Gasteiger partial charge in [0.1, 0.15) is 5.15 Å². The van der Waals surface area contributed by atoms with Crippen molar-refractivity contribution in [3.05, 3.63) is 59.8 Å². The summed E-state index contributed by atoms with van der Waals surface area (Å²) in [6, 6.07) is 2.68. The summed E-state index contributed by atoms with van der Waals surface area (Å²) in [7, 11) is 0. The van der Waals surface area contributed by atoms with Crippen LogP contribution in [0.15, 0.2) is 32.3 Å². The first-order valence-electron chi connectivity index (χ1n) is 5.51. The minimum absolute atomic E-state index is 0.0283. The molecular formula is C12H7BrClF3N2O2. The van der Waals surface area contributed by atoms with Gasteiger partial charge >= 0.3 is 11.9 Å². The van der Waals surface area contributed by atoms with Crippen LogP contribution in [-0.4, -0.2) is 9.55 Å². The predicted molar refractivity (Wildman–Crippen MR) is 75.1 cm³/mol. The summed E-state index contributed by atoms with van der Waals surface area (Å²) in [6.45, 7) is 1.36. The first-order chi connectivity index (χ1) is 9.62. The fraction of sp³-hybridized carbons (Fsp3) is 0.167. The molecule has 0 spiro atoms. The lowest BCUT2D eigenvalue weighted by atomic mass is 10.2. The summed E-state index contributed by atoms with van der Waals surface area (Å²) in [4.78, 5) is 26.1. The molecule has 21 heavy (non-hydrogen) atoms. The van der Waals surface area contributed by atoms with Gasteiger partial charge in [-0.05, 0) is 41.1 Å². The molecule has 9 heteroatoms. The number of hydrogen-bond acceptors (Lipinski definition) is 2. The van der Waals surface area contributed by atoms with Crippen LogP contribution in [0.5, 0.6) is 0 Å². The molecular weight excluding hydrogens is 376 g/mol. The zero-order valence-corrected chi connectivity index (χ0v) is 12.7. The highest BCUT2D eigenvalue weighted by Gasteiger charge is 2.31. The molecule has 0 radical (unpaired) electrons. The van der Waals surface area contributed by atoms with E-state index < -0.39 is 23.0 Å². The van der Waals surface area contributed by atoms with Crippen LogP contribution in [0.3, 0.4) is 0 Å². The van der Waals surface area contributed by atoms with E-state index in [9.17, 15) is 22.8 Å². The normalized spacial score (nSPS) is 11.7. The second kappa shape index (κ2) is 5.34. The molecule has 0 atom stereocenters. The van der Waals surface area contributed by atoms with E-state index in [1.54, 1.807) is 0 Å². The quantitative estimate of drug-likeness (QED) is 0.769. The average molecular weight is 384 g/mol. The third-order valence-corrected chi connectivity index (χ3v) is 3.84. The van der Waals surface area contributed by atoms with Gasteiger partial charge in [-0.25, -0.2) is 9.36 Å². The Balaban J connectivity index is 2.83. The Labute approximate surface area is 129 Å². The van der Waals surface area contributed by atoms with Crippen LogP contribution in [0.4, 0.5) is 13.2 Å². The molecule has 0 aliphatic carbocycles. The molecule has 1 aromatic carbocycles. The SMILES string of the molecule is Cc1c(Cl)[nH]c(=O)n(-c2cc(C(F)(F)F)ccc2Br)c1=O. The Kier molecular flexibility index (Phi) is 4.03. The zero-order valence-electron chi connectivity index (χ0n) is 10.4. The number of nitrogens with zero attached hydrogens (tertiary/aromatic N) is 1. The number of hydrogen-bond donors (Lipinski definition) is 1. The van der Waals surface area contributed by atoms with Crippen LogP contribution in [0.1, 0.15) is 11.1 Å². The highest BCUT2D eigenvalue weighted by atomic mass is 79.9. The van der Waals surface area contributed by atoms with E-state index in [0.717, 1.165) is 12.1 Å². The molecule has 0 aliphatic heterocycles. The van der Waals surface area contributed by atoms with E-state index in [2.05, 4.69) is 20.9 Å². The number of H-pyrrole nitrogens is 1. The number of benzene rings is 1. The van der Waals surface area contributed by atoms with E-state index in [1.165, 1.54) is 6.92 Å². The van der Waals surface area contributed by atoms with Crippen LogP contribution in [0.2, 0.25) is 5.15 Å². The van der Waals surface area contributed by atoms with Gasteiger partial charge in [0.05, 0.1) is 16.8 Å². The Morgan fingerprint density at radius 2 is 1.90 bits per heavy atom. The second-order valence-electron chi connectivity index (χ2n) is 4.17. The summed E-state index contributed by atoms with van der Waals surface area (Å²) in [6.07, 6.45) is -4.59. The maximum atomic E-state index is 12.8. The molecule has 0 amide bonds. The van der Waals surface area contributed by atoms with Gasteiger partial charge in [-0.2, -0.15) is 13.2 Å². The highest BCUT2D eigenvalue weighted by Crippen LogP contribution is 2.32. The van der Waals surface area contributed by atoms with Gasteiger partial charge in [0, 0.05) is 4.47 Å². The first-order valence-corrected chi connectivity index (χ1v) is 6.68. The van der Waals surface area contributed by atoms with Gasteiger partial charge in [-0.15, -0.1) is 0 Å². The molecule has 1 aromatic heterocycles. The predicted octanol–water partition coefficient (Wildman–Crippen LogP) is 3.27. The number of rotatable bonds is 1. The molecule has 0 saturated heterocycles. The molecule has 0 saturated carbocycles. The number of aromatic amines is 1. The minimum atomic E-state index is -4.59. The molecule has 0 bridgehead atoms. The maximum absolute atomic E-state index is 12.8. The number of alkyl halides is 3. The van der Waals surface area contributed by atoms with Gasteiger partial charge < -0.3 is 0 Å². The van der Waals surface area contributed by atoms with Gasteiger partial charge in [-0.1, -0.05) is 11.6 Å². The molecule has 0 aliphatic rings. The maximum Gasteiger partial charge on any atom is 0.416 e. The van der Waals surface area contributed by atoms with Crippen LogP contribution in [-0.2, 0) is 6.18 Å². The fourth-order valence-electron chi connectivity index (χ4n) is 1.68. The van der Waals surface area contributed by atoms with Crippen molar-refractivity contribution in [1.82, 2.24) is 9.55 Å². The second-order valence-corrected chi connectivity index (χ2v) is 5.41. The monoisotopic (exact) mass is 382 g/mol. The van der Waals surface area contributed by atoms with E-state index in [1.807, 2.05) is 0 Å². The smallest absolute Gasteiger partial charge is 0.297 e. The molecule has 0 unspecified atom stereocenters. The lowest BCUT2D eigenvalue weighted by molar-refractivity contribution is -0.137. The number of nitrogens with one attached hydrogen (secondary N) is 1. The summed E-state index contributed by atoms with van der Waals surface area (Å²) in [5.74, 6) is 0. The van der Waals surface area contributed by atoms with E-state index in [-0.39, 0.29) is 20.9 Å². The Morgan fingerprint density at radius 3 is 2.48 bits per heavy atom. The third-order valence-electron chi connectivity index (χ3n) is 2.79. The van der Waals surface area contributed by atoms with Crippen LogP contribution >= 0.6 is 27.5 Å². The first kappa shape index (κ1) is 15.8. The van der Waals surface area contributed by atoms with E-state index in [4.69, 9.17) is 11.6 Å². The van der Waals surface area contributed by atoms with Crippen molar-refractivity contribution in [3.63, 3.8) is 0 Å². The van der Waals surface area contributed by atoms with Crippen molar-refractivity contribution in [1.29, 1.82) is 0 Å². The standard InChI is InChI=1S/C12H7BrClF3N2O2/c1-5-9(14)18-11(21)19(10(5)20)8-4-6(12(15,16)17)2-3-7(8)13/h2-4H,1H3,(H,18,21). The van der Waals surface area contributed by atoms with Crippen molar-refractivity contribution in [2.75, 3.05) is 0 Å². The molecule has 1 heterocycles. The molecule has 2 rings (SSSR count).